The molecule has 0 unspecified atom stereocenters. The number of ether oxygens (including phenoxy) is 1. The Bertz CT molecular complexity index is 1270. The van der Waals surface area contributed by atoms with Gasteiger partial charge in [0.2, 0.25) is 0 Å². The first kappa shape index (κ1) is 20.0. The van der Waals surface area contributed by atoms with Crippen LogP contribution < -0.4 is 4.90 Å². The van der Waals surface area contributed by atoms with E-state index in [0.29, 0.717) is 38.5 Å². The molecule has 0 aromatic carbocycles. The minimum Gasteiger partial charge on any atom is -0.377 e. The van der Waals surface area contributed by atoms with Crippen molar-refractivity contribution in [1.82, 2.24) is 24.8 Å². The van der Waals surface area contributed by atoms with Gasteiger partial charge in [-0.3, -0.25) is 4.90 Å². The van der Waals surface area contributed by atoms with Crippen LogP contribution in [0.5, 0.6) is 0 Å². The molecule has 2 aliphatic heterocycles. The molecule has 6 heterocycles. The van der Waals surface area contributed by atoms with Crippen molar-refractivity contribution < 1.29 is 9.13 Å². The minimum absolute atomic E-state index is 0.232. The van der Waals surface area contributed by atoms with Crippen molar-refractivity contribution in [3.05, 3.63) is 35.5 Å². The van der Waals surface area contributed by atoms with Crippen LogP contribution in [-0.4, -0.2) is 69.9 Å². The zero-order valence-electron chi connectivity index (χ0n) is 17.9. The summed E-state index contributed by atoms with van der Waals surface area (Å²) >= 11 is 1.68. The molecule has 6 rings (SSSR count). The van der Waals surface area contributed by atoms with Gasteiger partial charge in [-0.25, -0.2) is 19.3 Å². The molecule has 2 aliphatic rings. The molecule has 2 fully saturated rings. The fraction of sp³-hybridized carbons (Fsp3) is 0.435. The van der Waals surface area contributed by atoms with Crippen LogP contribution in [0.15, 0.2) is 29.9 Å². The van der Waals surface area contributed by atoms with E-state index in [-0.39, 0.29) is 6.04 Å². The van der Waals surface area contributed by atoms with Crippen molar-refractivity contribution in [2.45, 2.75) is 32.1 Å². The molecule has 32 heavy (non-hydrogen) atoms. The fourth-order valence-electron chi connectivity index (χ4n) is 4.75. The van der Waals surface area contributed by atoms with Crippen molar-refractivity contribution in [2.24, 2.45) is 0 Å². The summed E-state index contributed by atoms with van der Waals surface area (Å²) in [5.74, 6) is 1.66. The number of pyridine rings is 1. The first-order valence-corrected chi connectivity index (χ1v) is 12.0. The number of nitrogens with one attached hydrogen (secondary N) is 1. The second-order valence-corrected chi connectivity index (χ2v) is 9.53. The van der Waals surface area contributed by atoms with Gasteiger partial charge in [-0.15, -0.1) is 11.3 Å². The molecule has 166 valence electrons. The van der Waals surface area contributed by atoms with Gasteiger partial charge in [0.05, 0.1) is 29.5 Å². The highest BCUT2D eigenvalue weighted by molar-refractivity contribution is 7.18. The van der Waals surface area contributed by atoms with Crippen molar-refractivity contribution in [1.29, 1.82) is 0 Å². The number of rotatable bonds is 4. The zero-order valence-corrected chi connectivity index (χ0v) is 18.7. The maximum absolute atomic E-state index is 13.8. The Morgan fingerprint density at radius 1 is 1.28 bits per heavy atom. The predicted octanol–water partition coefficient (Wildman–Crippen LogP) is 4.00. The van der Waals surface area contributed by atoms with Gasteiger partial charge in [0, 0.05) is 55.1 Å². The summed E-state index contributed by atoms with van der Waals surface area (Å²) < 4.78 is 20.5. The number of likely N-dealkylation sites (tertiary alicyclic amines) is 1. The van der Waals surface area contributed by atoms with E-state index in [1.54, 1.807) is 17.5 Å². The molecular formula is C23H25FN6OS. The molecule has 7 nitrogen and oxygen atoms in total. The number of halogens is 1. The van der Waals surface area contributed by atoms with Gasteiger partial charge in [-0.2, -0.15) is 0 Å². The molecule has 4 aromatic rings. The first-order chi connectivity index (χ1) is 15.7. The van der Waals surface area contributed by atoms with Crippen LogP contribution >= 0.6 is 11.3 Å². The number of nitrogens with zero attached hydrogens (tertiary/aromatic N) is 5. The van der Waals surface area contributed by atoms with Crippen LogP contribution in [0.2, 0.25) is 0 Å². The summed E-state index contributed by atoms with van der Waals surface area (Å²) in [6.45, 7) is 6.34. The van der Waals surface area contributed by atoms with Gasteiger partial charge in [0.25, 0.3) is 0 Å². The maximum atomic E-state index is 13.8. The fourth-order valence-corrected chi connectivity index (χ4v) is 5.75. The molecule has 0 spiro atoms. The van der Waals surface area contributed by atoms with Gasteiger partial charge in [-0.1, -0.05) is 0 Å². The van der Waals surface area contributed by atoms with Crippen LogP contribution in [0.1, 0.15) is 18.9 Å². The number of aromatic amines is 1. The molecule has 1 N–H and O–H groups in total. The molecule has 0 amide bonds. The van der Waals surface area contributed by atoms with Gasteiger partial charge in [0.1, 0.15) is 11.8 Å². The number of fused-ring (bicyclic) bond motifs is 2. The molecule has 0 aliphatic carbocycles. The Kier molecular flexibility index (Phi) is 5.04. The average molecular weight is 453 g/mol. The Labute approximate surface area is 189 Å². The van der Waals surface area contributed by atoms with E-state index in [0.717, 1.165) is 51.3 Å². The van der Waals surface area contributed by atoms with E-state index in [1.165, 1.54) is 0 Å². The van der Waals surface area contributed by atoms with Crippen LogP contribution in [0.3, 0.4) is 0 Å². The molecule has 0 radical (unpaired) electrons. The lowest BCUT2D eigenvalue weighted by Crippen LogP contribution is -2.44. The standard InChI is InChI=1S/C23H25FN6OS/c1-14-12-31-9-8-30(14)23-20-19(15(13-32-20)10-29-7-4-16(24)11-29)27-22(28-23)18-3-6-26-21-17(18)2-5-25-21/h2-3,5-6,13-14,16H,4,7-12H2,1H3,(H,25,26)/t14-,16-/m1/s1. The van der Waals surface area contributed by atoms with E-state index in [4.69, 9.17) is 14.7 Å². The number of anilines is 1. The van der Waals surface area contributed by atoms with Crippen LogP contribution in [-0.2, 0) is 11.3 Å². The lowest BCUT2D eigenvalue weighted by molar-refractivity contribution is 0.0987. The summed E-state index contributed by atoms with van der Waals surface area (Å²) in [4.78, 5) is 22.3. The summed E-state index contributed by atoms with van der Waals surface area (Å²) in [6.07, 6.45) is 3.57. The Balaban J connectivity index is 1.51. The highest BCUT2D eigenvalue weighted by Crippen LogP contribution is 2.37. The van der Waals surface area contributed by atoms with Crippen molar-refractivity contribution >= 4 is 38.4 Å². The SMILES string of the molecule is C[C@@H]1COCCN1c1nc(-c2ccnc3[nH]ccc23)nc2c(CN3CC[C@@H](F)C3)csc12. The Hall–Kier alpha value is -2.62. The third-order valence-corrected chi connectivity index (χ3v) is 7.43. The minimum atomic E-state index is -0.728. The lowest BCUT2D eigenvalue weighted by Gasteiger charge is -2.34. The average Bonchev–Trinajstić information content (AvgIpc) is 3.54. The van der Waals surface area contributed by atoms with Crippen molar-refractivity contribution in [3.63, 3.8) is 0 Å². The van der Waals surface area contributed by atoms with Crippen LogP contribution in [0.25, 0.3) is 32.6 Å². The topological polar surface area (TPSA) is 70.2 Å². The number of hydrogen-bond acceptors (Lipinski definition) is 7. The first-order valence-electron chi connectivity index (χ1n) is 11.1. The molecule has 0 bridgehead atoms. The third kappa shape index (κ3) is 3.44. The van der Waals surface area contributed by atoms with Crippen molar-refractivity contribution in [2.75, 3.05) is 37.7 Å². The summed E-state index contributed by atoms with van der Waals surface area (Å²) in [6, 6.07) is 4.22. The Morgan fingerprint density at radius 3 is 3.06 bits per heavy atom. The predicted molar refractivity (Wildman–Crippen MR) is 125 cm³/mol. The molecule has 4 aromatic heterocycles. The van der Waals surface area contributed by atoms with Crippen molar-refractivity contribution in [3.8, 4) is 11.4 Å². The smallest absolute Gasteiger partial charge is 0.163 e. The third-order valence-electron chi connectivity index (χ3n) is 6.42. The van der Waals surface area contributed by atoms with E-state index < -0.39 is 6.17 Å². The van der Waals surface area contributed by atoms with E-state index in [1.807, 2.05) is 18.3 Å². The van der Waals surface area contributed by atoms with Gasteiger partial charge < -0.3 is 14.6 Å². The highest BCUT2D eigenvalue weighted by atomic mass is 32.1. The number of alkyl halides is 1. The lowest BCUT2D eigenvalue weighted by atomic mass is 10.1. The van der Waals surface area contributed by atoms with Crippen LogP contribution in [0, 0.1) is 0 Å². The zero-order chi connectivity index (χ0) is 21.7. The van der Waals surface area contributed by atoms with E-state index in [2.05, 4.69) is 32.1 Å². The maximum Gasteiger partial charge on any atom is 0.163 e. The number of hydrogen-bond donors (Lipinski definition) is 1. The quantitative estimate of drug-likeness (QED) is 0.505. The number of aromatic nitrogens is 4. The summed E-state index contributed by atoms with van der Waals surface area (Å²) in [5, 5.41) is 3.17. The molecular weight excluding hydrogens is 427 g/mol. The molecule has 2 atom stereocenters. The second-order valence-electron chi connectivity index (χ2n) is 8.65. The summed E-state index contributed by atoms with van der Waals surface area (Å²) in [5.41, 5.74) is 3.90. The molecule has 0 saturated carbocycles. The molecule has 9 heteroatoms. The van der Waals surface area contributed by atoms with Crippen LogP contribution in [0.4, 0.5) is 10.2 Å². The number of thiophene rings is 1. The second kappa shape index (κ2) is 8.06. The highest BCUT2D eigenvalue weighted by Gasteiger charge is 2.27. The normalized spacial score (nSPS) is 22.4. The van der Waals surface area contributed by atoms with Gasteiger partial charge in [0.15, 0.2) is 11.6 Å². The number of morpholine rings is 1. The monoisotopic (exact) mass is 452 g/mol. The van der Waals surface area contributed by atoms with E-state index in [9.17, 15) is 4.39 Å². The van der Waals surface area contributed by atoms with Gasteiger partial charge >= 0.3 is 0 Å². The van der Waals surface area contributed by atoms with Gasteiger partial charge in [-0.05, 0) is 30.9 Å². The molecule has 2 saturated heterocycles. The van der Waals surface area contributed by atoms with E-state index >= 15 is 0 Å². The largest absolute Gasteiger partial charge is 0.377 e. The summed E-state index contributed by atoms with van der Waals surface area (Å²) in [7, 11) is 0. The Morgan fingerprint density at radius 2 is 2.22 bits per heavy atom. The number of H-pyrrole nitrogens is 1.